The van der Waals surface area contributed by atoms with Gasteiger partial charge < -0.3 is 0 Å². The molecule has 0 spiro atoms. The van der Waals surface area contributed by atoms with Gasteiger partial charge in [-0.3, -0.25) is 0 Å². The Hall–Kier alpha value is -1.77. The van der Waals surface area contributed by atoms with Crippen LogP contribution in [0.2, 0.25) is 0 Å². The summed E-state index contributed by atoms with van der Waals surface area (Å²) in [6, 6.07) is 13.7. The molecule has 2 rings (SSSR count). The van der Waals surface area contributed by atoms with Gasteiger partial charge in [0.05, 0.1) is 5.56 Å². The summed E-state index contributed by atoms with van der Waals surface area (Å²) in [6.45, 7) is 1.99. The molecular formula is C16H15F3. The van der Waals surface area contributed by atoms with Crippen LogP contribution in [-0.2, 0) is 19.0 Å². The second kappa shape index (κ2) is 5.47. The monoisotopic (exact) mass is 264 g/mol. The minimum absolute atomic E-state index is 0.357. The van der Waals surface area contributed by atoms with Gasteiger partial charge in [0.2, 0.25) is 0 Å². The smallest absolute Gasteiger partial charge is 0.166 e. The first-order valence-electron chi connectivity index (χ1n) is 6.17. The zero-order chi connectivity index (χ0) is 13.9. The fraction of sp³-hybridized carbons (Fsp3) is 0.250. The number of benzene rings is 2. The molecule has 0 N–H and O–H groups in total. The summed E-state index contributed by atoms with van der Waals surface area (Å²) in [6.07, 6.45) is -3.25. The zero-order valence-electron chi connectivity index (χ0n) is 10.7. The van der Waals surface area contributed by atoms with Crippen molar-refractivity contribution in [2.24, 2.45) is 0 Å². The first kappa shape index (κ1) is 13.7. The van der Waals surface area contributed by atoms with E-state index in [0.717, 1.165) is 17.2 Å². The Kier molecular flexibility index (Phi) is 3.93. The summed E-state index contributed by atoms with van der Waals surface area (Å²) < 4.78 is 38.5. The number of hydrogen-bond donors (Lipinski definition) is 0. The molecule has 19 heavy (non-hydrogen) atoms. The molecule has 0 nitrogen and oxygen atoms in total. The van der Waals surface area contributed by atoms with Crippen LogP contribution in [0.25, 0.3) is 0 Å². The lowest BCUT2D eigenvalue weighted by Crippen LogP contribution is -2.09. The highest BCUT2D eigenvalue weighted by molar-refractivity contribution is 5.31. The molecule has 0 saturated carbocycles. The third kappa shape index (κ3) is 3.60. The van der Waals surface area contributed by atoms with E-state index in [2.05, 4.69) is 0 Å². The Morgan fingerprint density at radius 1 is 0.842 bits per heavy atom. The SMILES string of the molecule is Cc1ccc(CCc2ccccc2C(F)(F)F)cc1. The van der Waals surface area contributed by atoms with Gasteiger partial charge in [-0.15, -0.1) is 0 Å². The van der Waals surface area contributed by atoms with Crippen molar-refractivity contribution in [2.45, 2.75) is 25.9 Å². The van der Waals surface area contributed by atoms with Crippen LogP contribution in [0, 0.1) is 6.92 Å². The number of alkyl halides is 3. The first-order valence-corrected chi connectivity index (χ1v) is 6.17. The lowest BCUT2D eigenvalue weighted by Gasteiger charge is -2.12. The van der Waals surface area contributed by atoms with Crippen LogP contribution in [0.3, 0.4) is 0 Å². The maximum Gasteiger partial charge on any atom is 0.416 e. The number of aryl methyl sites for hydroxylation is 3. The third-order valence-electron chi connectivity index (χ3n) is 3.13. The fourth-order valence-electron chi connectivity index (χ4n) is 2.05. The molecular weight excluding hydrogens is 249 g/mol. The normalized spacial score (nSPS) is 11.6. The molecule has 2 aromatic rings. The van der Waals surface area contributed by atoms with Crippen molar-refractivity contribution < 1.29 is 13.2 Å². The predicted molar refractivity (Wildman–Crippen MR) is 70.0 cm³/mol. The molecule has 100 valence electrons. The van der Waals surface area contributed by atoms with Crippen molar-refractivity contribution in [3.05, 3.63) is 70.8 Å². The van der Waals surface area contributed by atoms with Gasteiger partial charge >= 0.3 is 6.18 Å². The van der Waals surface area contributed by atoms with E-state index in [-0.39, 0.29) is 0 Å². The number of rotatable bonds is 3. The molecule has 0 aliphatic rings. The Morgan fingerprint density at radius 2 is 1.47 bits per heavy atom. The zero-order valence-corrected chi connectivity index (χ0v) is 10.7. The van der Waals surface area contributed by atoms with Crippen molar-refractivity contribution in [3.63, 3.8) is 0 Å². The van der Waals surface area contributed by atoms with Gasteiger partial charge in [0.1, 0.15) is 0 Å². The lowest BCUT2D eigenvalue weighted by molar-refractivity contribution is -0.138. The van der Waals surface area contributed by atoms with E-state index in [4.69, 9.17) is 0 Å². The van der Waals surface area contributed by atoms with Crippen LogP contribution < -0.4 is 0 Å². The second-order valence-corrected chi connectivity index (χ2v) is 4.64. The summed E-state index contributed by atoms with van der Waals surface area (Å²) in [5.41, 5.74) is 2.04. The summed E-state index contributed by atoms with van der Waals surface area (Å²) in [5, 5.41) is 0. The Labute approximate surface area is 110 Å². The second-order valence-electron chi connectivity index (χ2n) is 4.64. The molecule has 0 aromatic heterocycles. The predicted octanol–water partition coefficient (Wildman–Crippen LogP) is 4.80. The van der Waals surface area contributed by atoms with E-state index in [0.29, 0.717) is 18.4 Å². The molecule has 0 fully saturated rings. The number of halogens is 3. The van der Waals surface area contributed by atoms with Gasteiger partial charge in [0.25, 0.3) is 0 Å². The van der Waals surface area contributed by atoms with Crippen molar-refractivity contribution in [3.8, 4) is 0 Å². The third-order valence-corrected chi connectivity index (χ3v) is 3.13. The first-order chi connectivity index (χ1) is 8.97. The van der Waals surface area contributed by atoms with Crippen LogP contribution >= 0.6 is 0 Å². The van der Waals surface area contributed by atoms with E-state index in [9.17, 15) is 13.2 Å². The van der Waals surface area contributed by atoms with Gasteiger partial charge in [0, 0.05) is 0 Å². The fourth-order valence-corrected chi connectivity index (χ4v) is 2.05. The molecule has 0 unspecified atom stereocenters. The Morgan fingerprint density at radius 3 is 2.11 bits per heavy atom. The molecule has 0 aliphatic heterocycles. The van der Waals surface area contributed by atoms with Gasteiger partial charge in [-0.05, 0) is 37.0 Å². The largest absolute Gasteiger partial charge is 0.416 e. The van der Waals surface area contributed by atoms with Crippen molar-refractivity contribution in [1.29, 1.82) is 0 Å². The van der Waals surface area contributed by atoms with Crippen LogP contribution in [0.5, 0.6) is 0 Å². The van der Waals surface area contributed by atoms with Crippen LogP contribution in [-0.4, -0.2) is 0 Å². The lowest BCUT2D eigenvalue weighted by atomic mass is 9.99. The maximum absolute atomic E-state index is 12.8. The van der Waals surface area contributed by atoms with Crippen molar-refractivity contribution in [2.75, 3.05) is 0 Å². The standard InChI is InChI=1S/C16H15F3/c1-12-6-8-13(9-7-12)10-11-14-4-2-3-5-15(14)16(17,18)19/h2-9H,10-11H2,1H3. The van der Waals surface area contributed by atoms with Gasteiger partial charge in [-0.2, -0.15) is 13.2 Å². The van der Waals surface area contributed by atoms with Crippen molar-refractivity contribution in [1.82, 2.24) is 0 Å². The summed E-state index contributed by atoms with van der Waals surface area (Å²) in [4.78, 5) is 0. The topological polar surface area (TPSA) is 0 Å². The molecule has 0 amide bonds. The molecule has 0 atom stereocenters. The highest BCUT2D eigenvalue weighted by Gasteiger charge is 2.32. The summed E-state index contributed by atoms with van der Waals surface area (Å²) >= 11 is 0. The van der Waals surface area contributed by atoms with Gasteiger partial charge in [0.15, 0.2) is 0 Å². The highest BCUT2D eigenvalue weighted by Crippen LogP contribution is 2.32. The van der Waals surface area contributed by atoms with Gasteiger partial charge in [-0.25, -0.2) is 0 Å². The average molecular weight is 264 g/mol. The highest BCUT2D eigenvalue weighted by atomic mass is 19.4. The minimum Gasteiger partial charge on any atom is -0.166 e. The van der Waals surface area contributed by atoms with Crippen LogP contribution in [0.15, 0.2) is 48.5 Å². The molecule has 0 saturated heterocycles. The number of hydrogen-bond acceptors (Lipinski definition) is 0. The van der Waals surface area contributed by atoms with E-state index >= 15 is 0 Å². The van der Waals surface area contributed by atoms with Crippen molar-refractivity contribution >= 4 is 0 Å². The Balaban J connectivity index is 2.14. The molecule has 0 heterocycles. The maximum atomic E-state index is 12.8. The molecule has 3 heteroatoms. The summed E-state index contributed by atoms with van der Waals surface area (Å²) in [5.74, 6) is 0. The Bertz CT molecular complexity index is 539. The minimum atomic E-state index is -4.27. The van der Waals surface area contributed by atoms with E-state index in [1.54, 1.807) is 12.1 Å². The van der Waals surface area contributed by atoms with Crippen LogP contribution in [0.4, 0.5) is 13.2 Å². The van der Waals surface area contributed by atoms with E-state index < -0.39 is 11.7 Å². The molecule has 2 aromatic carbocycles. The van der Waals surface area contributed by atoms with E-state index in [1.807, 2.05) is 31.2 Å². The summed E-state index contributed by atoms with van der Waals surface area (Å²) in [7, 11) is 0. The average Bonchev–Trinajstić information content (AvgIpc) is 2.37. The van der Waals surface area contributed by atoms with Gasteiger partial charge in [-0.1, -0.05) is 48.0 Å². The quantitative estimate of drug-likeness (QED) is 0.747. The molecule has 0 aliphatic carbocycles. The molecule has 0 radical (unpaired) electrons. The van der Waals surface area contributed by atoms with E-state index in [1.165, 1.54) is 6.07 Å². The van der Waals surface area contributed by atoms with Crippen LogP contribution in [0.1, 0.15) is 22.3 Å². The molecule has 0 bridgehead atoms.